The van der Waals surface area contributed by atoms with Crippen molar-refractivity contribution >= 4 is 5.91 Å². The molecule has 86 valence electrons. The highest BCUT2D eigenvalue weighted by atomic mass is 16.1. The lowest BCUT2D eigenvalue weighted by Crippen LogP contribution is -2.23. The van der Waals surface area contributed by atoms with E-state index in [1.807, 2.05) is 0 Å². The average molecular weight is 209 g/mol. The summed E-state index contributed by atoms with van der Waals surface area (Å²) in [5, 5.41) is 2.95. The summed E-state index contributed by atoms with van der Waals surface area (Å²) in [6.07, 6.45) is 14.9. The van der Waals surface area contributed by atoms with Crippen molar-refractivity contribution in [2.75, 3.05) is 6.54 Å². The molecule has 0 bridgehead atoms. The topological polar surface area (TPSA) is 29.1 Å². The Kier molecular flexibility index (Phi) is 6.97. The van der Waals surface area contributed by atoms with Crippen molar-refractivity contribution < 1.29 is 4.79 Å². The van der Waals surface area contributed by atoms with Gasteiger partial charge in [-0.1, -0.05) is 37.8 Å². The van der Waals surface area contributed by atoms with Gasteiger partial charge in [0.1, 0.15) is 0 Å². The molecular weight excluding hydrogens is 186 g/mol. The molecule has 0 saturated carbocycles. The highest BCUT2D eigenvalue weighted by molar-refractivity contribution is 5.75. The van der Waals surface area contributed by atoms with Gasteiger partial charge in [0.05, 0.1) is 0 Å². The van der Waals surface area contributed by atoms with Crippen LogP contribution in [0.1, 0.15) is 57.8 Å². The Morgan fingerprint density at radius 1 is 0.867 bits per heavy atom. The molecule has 0 aliphatic carbocycles. The van der Waals surface area contributed by atoms with Gasteiger partial charge < -0.3 is 5.32 Å². The van der Waals surface area contributed by atoms with E-state index in [9.17, 15) is 4.79 Å². The van der Waals surface area contributed by atoms with Gasteiger partial charge in [-0.3, -0.25) is 4.79 Å². The first-order chi connectivity index (χ1) is 7.39. The first-order valence-electron chi connectivity index (χ1n) is 6.31. The third-order valence-corrected chi connectivity index (χ3v) is 2.82. The molecule has 2 heteroatoms. The summed E-state index contributed by atoms with van der Waals surface area (Å²) in [6, 6.07) is 0. The number of carbonyl (C=O) groups is 1. The van der Waals surface area contributed by atoms with Crippen molar-refractivity contribution in [3.63, 3.8) is 0 Å². The summed E-state index contributed by atoms with van der Waals surface area (Å²) in [5.74, 6) is 0.223. The second-order valence-corrected chi connectivity index (χ2v) is 4.27. The van der Waals surface area contributed by atoms with Crippen molar-refractivity contribution in [1.29, 1.82) is 0 Å². The molecule has 0 aromatic heterocycles. The Morgan fingerprint density at radius 2 is 1.53 bits per heavy atom. The molecule has 0 spiro atoms. The SMILES string of the molecule is O=C1CCCCCCCC/C=C\CCN1. The third kappa shape index (κ3) is 7.18. The zero-order chi connectivity index (χ0) is 10.8. The first-order valence-corrected chi connectivity index (χ1v) is 6.31. The van der Waals surface area contributed by atoms with Crippen LogP contribution < -0.4 is 5.32 Å². The molecule has 1 heterocycles. The number of allylic oxidation sites excluding steroid dienone is 1. The minimum atomic E-state index is 0.223. The van der Waals surface area contributed by atoms with Gasteiger partial charge in [-0.2, -0.15) is 0 Å². The predicted molar refractivity (Wildman–Crippen MR) is 63.7 cm³/mol. The monoisotopic (exact) mass is 209 g/mol. The summed E-state index contributed by atoms with van der Waals surface area (Å²) in [6.45, 7) is 0.801. The smallest absolute Gasteiger partial charge is 0.220 e. The summed E-state index contributed by atoms with van der Waals surface area (Å²) < 4.78 is 0. The molecule has 1 aliphatic heterocycles. The zero-order valence-corrected chi connectivity index (χ0v) is 9.63. The van der Waals surface area contributed by atoms with Crippen LogP contribution in [0, 0.1) is 0 Å². The van der Waals surface area contributed by atoms with Gasteiger partial charge in [0.25, 0.3) is 0 Å². The minimum Gasteiger partial charge on any atom is -0.356 e. The van der Waals surface area contributed by atoms with Gasteiger partial charge in [0.2, 0.25) is 5.91 Å². The number of carbonyl (C=O) groups excluding carboxylic acids is 1. The molecule has 0 unspecified atom stereocenters. The lowest BCUT2D eigenvalue weighted by Gasteiger charge is -2.04. The zero-order valence-electron chi connectivity index (χ0n) is 9.63. The quantitative estimate of drug-likeness (QED) is 0.610. The number of rotatable bonds is 0. The van der Waals surface area contributed by atoms with Crippen LogP contribution in [0.5, 0.6) is 0 Å². The largest absolute Gasteiger partial charge is 0.356 e. The average Bonchev–Trinajstić information content (AvgIpc) is 2.24. The van der Waals surface area contributed by atoms with Crippen molar-refractivity contribution in [1.82, 2.24) is 5.32 Å². The Balaban J connectivity index is 2.21. The number of nitrogens with one attached hydrogen (secondary N) is 1. The summed E-state index contributed by atoms with van der Waals surface area (Å²) in [5.41, 5.74) is 0. The lowest BCUT2D eigenvalue weighted by molar-refractivity contribution is -0.121. The predicted octanol–water partition coefficient (Wildman–Crippen LogP) is 3.18. The van der Waals surface area contributed by atoms with E-state index in [-0.39, 0.29) is 5.91 Å². The minimum absolute atomic E-state index is 0.223. The molecule has 0 aromatic rings. The number of amides is 1. The van der Waals surface area contributed by atoms with Crippen molar-refractivity contribution in [3.05, 3.63) is 12.2 Å². The standard InChI is InChI=1S/C13H23NO/c15-13-11-9-7-5-3-1-2-4-6-8-10-12-14-13/h6,8H,1-5,7,9-12H2,(H,14,15)/b8-6-. The molecule has 2 nitrogen and oxygen atoms in total. The van der Waals surface area contributed by atoms with Crippen molar-refractivity contribution in [3.8, 4) is 0 Å². The van der Waals surface area contributed by atoms with Gasteiger partial charge in [-0.25, -0.2) is 0 Å². The van der Waals surface area contributed by atoms with E-state index >= 15 is 0 Å². The van der Waals surface area contributed by atoms with Gasteiger partial charge >= 0.3 is 0 Å². The summed E-state index contributed by atoms with van der Waals surface area (Å²) >= 11 is 0. The Labute approximate surface area is 93.1 Å². The maximum Gasteiger partial charge on any atom is 0.220 e. The molecule has 0 radical (unpaired) electrons. The normalized spacial score (nSPS) is 23.9. The fourth-order valence-corrected chi connectivity index (χ4v) is 1.87. The van der Waals surface area contributed by atoms with Crippen LogP contribution in [0.2, 0.25) is 0 Å². The molecule has 15 heavy (non-hydrogen) atoms. The van der Waals surface area contributed by atoms with E-state index in [0.717, 1.165) is 19.4 Å². The molecular formula is C13H23NO. The molecule has 0 fully saturated rings. The summed E-state index contributed by atoms with van der Waals surface area (Å²) in [4.78, 5) is 11.3. The molecule has 0 atom stereocenters. The molecule has 1 N–H and O–H groups in total. The van der Waals surface area contributed by atoms with Crippen LogP contribution in [-0.4, -0.2) is 12.5 Å². The van der Waals surface area contributed by atoms with E-state index in [2.05, 4.69) is 17.5 Å². The van der Waals surface area contributed by atoms with Gasteiger partial charge in [-0.15, -0.1) is 0 Å². The second-order valence-electron chi connectivity index (χ2n) is 4.27. The molecule has 1 aliphatic rings. The molecule has 0 aromatic carbocycles. The number of hydrogen-bond acceptors (Lipinski definition) is 1. The van der Waals surface area contributed by atoms with Gasteiger partial charge in [-0.05, 0) is 25.7 Å². The maximum absolute atomic E-state index is 11.3. The Bertz CT molecular complexity index is 199. The lowest BCUT2D eigenvalue weighted by atomic mass is 10.1. The fraction of sp³-hybridized carbons (Fsp3) is 0.769. The maximum atomic E-state index is 11.3. The van der Waals surface area contributed by atoms with E-state index < -0.39 is 0 Å². The molecule has 0 saturated heterocycles. The van der Waals surface area contributed by atoms with Crippen LogP contribution in [0.4, 0.5) is 0 Å². The summed E-state index contributed by atoms with van der Waals surface area (Å²) in [7, 11) is 0. The van der Waals surface area contributed by atoms with Gasteiger partial charge in [0, 0.05) is 13.0 Å². The van der Waals surface area contributed by atoms with Crippen molar-refractivity contribution in [2.24, 2.45) is 0 Å². The van der Waals surface area contributed by atoms with Crippen molar-refractivity contribution in [2.45, 2.75) is 57.8 Å². The van der Waals surface area contributed by atoms with Crippen LogP contribution in [-0.2, 0) is 4.79 Å². The first kappa shape index (κ1) is 12.3. The Hall–Kier alpha value is -0.790. The van der Waals surface area contributed by atoms with Crippen LogP contribution in [0.3, 0.4) is 0 Å². The Morgan fingerprint density at radius 3 is 2.40 bits per heavy atom. The van der Waals surface area contributed by atoms with E-state index in [4.69, 9.17) is 0 Å². The number of hydrogen-bond donors (Lipinski definition) is 1. The fourth-order valence-electron chi connectivity index (χ4n) is 1.87. The molecule has 1 amide bonds. The highest BCUT2D eigenvalue weighted by Gasteiger charge is 1.99. The van der Waals surface area contributed by atoms with E-state index in [1.165, 1.54) is 38.5 Å². The highest BCUT2D eigenvalue weighted by Crippen LogP contribution is 2.09. The van der Waals surface area contributed by atoms with Crippen LogP contribution in [0.25, 0.3) is 0 Å². The van der Waals surface area contributed by atoms with E-state index in [1.54, 1.807) is 0 Å². The molecule has 1 rings (SSSR count). The second kappa shape index (κ2) is 8.51. The van der Waals surface area contributed by atoms with Gasteiger partial charge in [0.15, 0.2) is 0 Å². The van der Waals surface area contributed by atoms with E-state index in [0.29, 0.717) is 6.42 Å². The third-order valence-electron chi connectivity index (χ3n) is 2.82. The van der Waals surface area contributed by atoms with Crippen LogP contribution in [0.15, 0.2) is 12.2 Å². The van der Waals surface area contributed by atoms with Crippen LogP contribution >= 0.6 is 0 Å².